The van der Waals surface area contributed by atoms with E-state index in [0.29, 0.717) is 12.3 Å². The minimum atomic E-state index is -0.209. The first-order chi connectivity index (χ1) is 13.6. The molecule has 162 valence electrons. The summed E-state index contributed by atoms with van der Waals surface area (Å²) in [5.74, 6) is 1.03. The molecule has 2 aliphatic rings. The van der Waals surface area contributed by atoms with Gasteiger partial charge in [-0.3, -0.25) is 14.7 Å². The summed E-state index contributed by atoms with van der Waals surface area (Å²) in [5, 5.41) is 3.48. The molecule has 0 aliphatic carbocycles. The number of carbonyl (C=O) groups is 1. The molecule has 0 spiro atoms. The molecule has 0 radical (unpaired) electrons. The third kappa shape index (κ3) is 7.77. The van der Waals surface area contributed by atoms with Gasteiger partial charge in [-0.25, -0.2) is 0 Å². The van der Waals surface area contributed by atoms with Gasteiger partial charge >= 0.3 is 0 Å². The van der Waals surface area contributed by atoms with Crippen molar-refractivity contribution in [1.29, 1.82) is 0 Å². The fraction of sp³-hybridized carbons (Fsp3) is 0.636. The number of nitrogens with one attached hydrogen (secondary N) is 1. The number of likely N-dealkylation sites (tertiary alicyclic amines) is 2. The quantitative estimate of drug-likeness (QED) is 0.349. The van der Waals surface area contributed by atoms with E-state index in [4.69, 9.17) is 5.73 Å². The SMILES string of the molecule is CN=C(NCc1ccc(CN2CCCCC2)cc1)N1CCCC(CC(N)=O)C1.I. The lowest BCUT2D eigenvalue weighted by molar-refractivity contribution is -0.119. The number of piperidine rings is 2. The average Bonchev–Trinajstić information content (AvgIpc) is 2.70. The molecule has 2 aliphatic heterocycles. The highest BCUT2D eigenvalue weighted by Crippen LogP contribution is 2.19. The number of guanidine groups is 1. The smallest absolute Gasteiger partial charge is 0.217 e. The van der Waals surface area contributed by atoms with Crippen LogP contribution in [0, 0.1) is 5.92 Å². The zero-order valence-corrected chi connectivity index (χ0v) is 19.9. The van der Waals surface area contributed by atoms with Gasteiger partial charge in [0, 0.05) is 39.6 Å². The van der Waals surface area contributed by atoms with Crippen LogP contribution in [0.4, 0.5) is 0 Å². The summed E-state index contributed by atoms with van der Waals surface area (Å²) >= 11 is 0. The standard InChI is InChI=1S/C22H35N5O.HI/c1-24-22(27-13-5-6-20(17-27)14-21(23)28)25-15-18-7-9-19(10-8-18)16-26-11-3-2-4-12-26;/h7-10,20H,2-6,11-17H2,1H3,(H2,23,28)(H,24,25);1H. The number of rotatable bonds is 6. The molecule has 1 amide bonds. The van der Waals surface area contributed by atoms with Gasteiger partial charge in [-0.15, -0.1) is 24.0 Å². The van der Waals surface area contributed by atoms with Crippen LogP contribution in [0.15, 0.2) is 29.3 Å². The maximum Gasteiger partial charge on any atom is 0.217 e. The number of carbonyl (C=O) groups excluding carboxylic acids is 1. The van der Waals surface area contributed by atoms with Crippen LogP contribution >= 0.6 is 24.0 Å². The predicted molar refractivity (Wildman–Crippen MR) is 129 cm³/mol. The van der Waals surface area contributed by atoms with Gasteiger partial charge in [-0.05, 0) is 55.8 Å². The maximum absolute atomic E-state index is 11.2. The van der Waals surface area contributed by atoms with Crippen LogP contribution in [0.25, 0.3) is 0 Å². The van der Waals surface area contributed by atoms with Crippen LogP contribution in [0.3, 0.4) is 0 Å². The van der Waals surface area contributed by atoms with E-state index in [1.54, 1.807) is 0 Å². The first-order valence-electron chi connectivity index (χ1n) is 10.7. The second-order valence-corrected chi connectivity index (χ2v) is 8.18. The van der Waals surface area contributed by atoms with Crippen molar-refractivity contribution in [2.75, 3.05) is 33.2 Å². The molecule has 6 nitrogen and oxygen atoms in total. The van der Waals surface area contributed by atoms with Crippen LogP contribution in [0.1, 0.15) is 49.7 Å². The van der Waals surface area contributed by atoms with Crippen LogP contribution in [0.2, 0.25) is 0 Å². The number of hydrogen-bond acceptors (Lipinski definition) is 3. The molecule has 7 heteroatoms. The molecule has 0 bridgehead atoms. The molecule has 2 heterocycles. The van der Waals surface area contributed by atoms with Gasteiger partial charge in [0.05, 0.1) is 0 Å². The van der Waals surface area contributed by atoms with Crippen molar-refractivity contribution in [1.82, 2.24) is 15.1 Å². The Morgan fingerprint density at radius 1 is 1.10 bits per heavy atom. The number of benzene rings is 1. The van der Waals surface area contributed by atoms with Gasteiger partial charge in [0.2, 0.25) is 5.91 Å². The summed E-state index contributed by atoms with van der Waals surface area (Å²) in [4.78, 5) is 20.5. The van der Waals surface area contributed by atoms with Gasteiger partial charge in [0.25, 0.3) is 0 Å². The highest BCUT2D eigenvalue weighted by atomic mass is 127. The fourth-order valence-corrected chi connectivity index (χ4v) is 4.36. The highest BCUT2D eigenvalue weighted by molar-refractivity contribution is 14.0. The first kappa shape index (κ1) is 23.9. The van der Waals surface area contributed by atoms with Crippen LogP contribution in [0.5, 0.6) is 0 Å². The Hall–Kier alpha value is -1.35. The summed E-state index contributed by atoms with van der Waals surface area (Å²) in [5.41, 5.74) is 8.02. The molecule has 0 saturated carbocycles. The molecule has 2 fully saturated rings. The lowest BCUT2D eigenvalue weighted by Gasteiger charge is -2.34. The number of hydrogen-bond donors (Lipinski definition) is 2. The highest BCUT2D eigenvalue weighted by Gasteiger charge is 2.23. The number of nitrogens with zero attached hydrogens (tertiary/aromatic N) is 3. The van der Waals surface area contributed by atoms with Gasteiger partial charge < -0.3 is 16.0 Å². The average molecular weight is 513 g/mol. The molecular weight excluding hydrogens is 477 g/mol. The first-order valence-corrected chi connectivity index (χ1v) is 10.7. The van der Waals surface area contributed by atoms with Gasteiger partial charge in [0.1, 0.15) is 0 Å². The normalized spacial score (nSPS) is 20.8. The van der Waals surface area contributed by atoms with E-state index in [1.165, 1.54) is 43.5 Å². The van der Waals surface area contributed by atoms with Crippen molar-refractivity contribution in [3.05, 3.63) is 35.4 Å². The fourth-order valence-electron chi connectivity index (χ4n) is 4.36. The Morgan fingerprint density at radius 2 is 1.79 bits per heavy atom. The summed E-state index contributed by atoms with van der Waals surface area (Å²) in [7, 11) is 1.82. The van der Waals surface area contributed by atoms with E-state index in [-0.39, 0.29) is 29.9 Å². The molecule has 1 unspecified atom stereocenters. The molecule has 3 rings (SSSR count). The van der Waals surface area contributed by atoms with Crippen LogP contribution < -0.4 is 11.1 Å². The maximum atomic E-state index is 11.2. The summed E-state index contributed by atoms with van der Waals surface area (Å²) in [6.07, 6.45) is 6.64. The lowest BCUT2D eigenvalue weighted by atomic mass is 9.95. The molecule has 2 saturated heterocycles. The van der Waals surface area contributed by atoms with E-state index >= 15 is 0 Å². The third-order valence-electron chi connectivity index (χ3n) is 5.85. The zero-order chi connectivity index (χ0) is 19.8. The lowest BCUT2D eigenvalue weighted by Crippen LogP contribution is -2.46. The van der Waals surface area contributed by atoms with E-state index in [9.17, 15) is 4.79 Å². The molecule has 29 heavy (non-hydrogen) atoms. The number of aliphatic imine (C=N–C) groups is 1. The minimum absolute atomic E-state index is 0. The van der Waals surface area contributed by atoms with Crippen molar-refractivity contribution in [3.8, 4) is 0 Å². The molecular formula is C22H36IN5O. The Balaban J connectivity index is 0.00000300. The summed E-state index contributed by atoms with van der Waals surface area (Å²) in [6.45, 7) is 6.09. The molecule has 1 aromatic carbocycles. The number of halogens is 1. The summed E-state index contributed by atoms with van der Waals surface area (Å²) < 4.78 is 0. The van der Waals surface area contributed by atoms with E-state index in [2.05, 4.69) is 44.4 Å². The van der Waals surface area contributed by atoms with Crippen LogP contribution in [-0.4, -0.2) is 54.9 Å². The van der Waals surface area contributed by atoms with E-state index in [0.717, 1.165) is 45.0 Å². The van der Waals surface area contributed by atoms with Crippen molar-refractivity contribution < 1.29 is 4.79 Å². The van der Waals surface area contributed by atoms with Gasteiger partial charge in [0.15, 0.2) is 5.96 Å². The monoisotopic (exact) mass is 513 g/mol. The number of nitrogens with two attached hydrogens (primary N) is 1. The zero-order valence-electron chi connectivity index (χ0n) is 17.6. The third-order valence-corrected chi connectivity index (χ3v) is 5.85. The summed E-state index contributed by atoms with van der Waals surface area (Å²) in [6, 6.07) is 8.92. The Labute approximate surface area is 192 Å². The van der Waals surface area contributed by atoms with E-state index < -0.39 is 0 Å². The van der Waals surface area contributed by atoms with Crippen molar-refractivity contribution in [3.63, 3.8) is 0 Å². The topological polar surface area (TPSA) is 74.0 Å². The second kappa shape index (κ2) is 12.4. The van der Waals surface area contributed by atoms with Gasteiger partial charge in [-0.1, -0.05) is 30.7 Å². The molecule has 3 N–H and O–H groups in total. The Morgan fingerprint density at radius 3 is 2.45 bits per heavy atom. The molecule has 1 atom stereocenters. The minimum Gasteiger partial charge on any atom is -0.370 e. The van der Waals surface area contributed by atoms with E-state index in [1.807, 2.05) is 7.05 Å². The molecule has 1 aromatic rings. The van der Waals surface area contributed by atoms with Crippen molar-refractivity contribution in [2.24, 2.45) is 16.6 Å². The van der Waals surface area contributed by atoms with Crippen molar-refractivity contribution >= 4 is 35.8 Å². The predicted octanol–water partition coefficient (Wildman–Crippen LogP) is 2.95. The van der Waals surface area contributed by atoms with Gasteiger partial charge in [-0.2, -0.15) is 0 Å². The number of primary amides is 1. The Bertz CT molecular complexity index is 658. The van der Waals surface area contributed by atoms with Crippen LogP contribution in [-0.2, 0) is 17.9 Å². The second-order valence-electron chi connectivity index (χ2n) is 8.18. The van der Waals surface area contributed by atoms with Crippen molar-refractivity contribution in [2.45, 2.75) is 51.6 Å². The molecule has 0 aromatic heterocycles. The Kier molecular flexibility index (Phi) is 10.2. The number of amides is 1. The largest absolute Gasteiger partial charge is 0.370 e.